The van der Waals surface area contributed by atoms with Crippen molar-refractivity contribution in [3.8, 4) is 0 Å². The molecular formula is C72H88. The molecule has 18 rings (SSSR count). The lowest BCUT2D eigenvalue weighted by molar-refractivity contribution is 0.172. The highest BCUT2D eigenvalue weighted by Gasteiger charge is 2.69. The fourth-order valence-electron chi connectivity index (χ4n) is 26.1. The van der Waals surface area contributed by atoms with Gasteiger partial charge in [0.25, 0.3) is 0 Å². The van der Waals surface area contributed by atoms with Gasteiger partial charge in [-0.3, -0.25) is 0 Å². The first kappa shape index (κ1) is 44.1. The van der Waals surface area contributed by atoms with Crippen molar-refractivity contribution >= 4 is 0 Å². The smallest absolute Gasteiger partial charge is 0.00501 e. The molecule has 14 aliphatic carbocycles. The van der Waals surface area contributed by atoms with Crippen LogP contribution in [-0.4, -0.2) is 0 Å². The summed E-state index contributed by atoms with van der Waals surface area (Å²) in [6, 6.07) is 0. The van der Waals surface area contributed by atoms with Gasteiger partial charge in [0, 0.05) is 0 Å². The number of hydrogen-bond donors (Lipinski definition) is 0. The van der Waals surface area contributed by atoms with Crippen LogP contribution in [0.3, 0.4) is 0 Å². The van der Waals surface area contributed by atoms with E-state index >= 15 is 0 Å². The predicted octanol–water partition coefficient (Wildman–Crippen LogP) is 17.0. The Morgan fingerprint density at radius 2 is 0.431 bits per heavy atom. The number of benzene rings is 4. The van der Waals surface area contributed by atoms with Gasteiger partial charge in [-0.05, 0) is 410 Å². The van der Waals surface area contributed by atoms with Crippen LogP contribution in [-0.2, 0) is 25.7 Å². The monoisotopic (exact) mass is 953 g/mol. The molecule has 24 unspecified atom stereocenters. The number of fused-ring (bicyclic) bond motifs is 41. The summed E-state index contributed by atoms with van der Waals surface area (Å²) in [7, 11) is 0. The lowest BCUT2D eigenvalue weighted by Crippen LogP contribution is -2.38. The maximum Gasteiger partial charge on any atom is -0.00501 e. The minimum atomic E-state index is 0.861. The normalized spacial score (nSPS) is 45.3. The zero-order chi connectivity index (χ0) is 49.4. The van der Waals surface area contributed by atoms with Crippen molar-refractivity contribution in [1.29, 1.82) is 0 Å². The summed E-state index contributed by atoms with van der Waals surface area (Å²) in [6.07, 6.45) is 11.7. The Balaban J connectivity index is 0.000000120. The molecule has 0 aliphatic heterocycles. The summed E-state index contributed by atoms with van der Waals surface area (Å²) >= 11 is 0. The van der Waals surface area contributed by atoms with Crippen LogP contribution < -0.4 is 0 Å². The molecule has 8 bridgehead atoms. The van der Waals surface area contributed by atoms with Crippen LogP contribution in [0.15, 0.2) is 0 Å². The van der Waals surface area contributed by atoms with Crippen LogP contribution in [0.2, 0.25) is 0 Å². The summed E-state index contributed by atoms with van der Waals surface area (Å²) < 4.78 is 0. The third-order valence-corrected chi connectivity index (χ3v) is 29.8. The Labute approximate surface area is 435 Å². The van der Waals surface area contributed by atoms with Gasteiger partial charge in [0.15, 0.2) is 0 Å². The molecule has 24 atom stereocenters. The second-order valence-electron chi connectivity index (χ2n) is 30.1. The summed E-state index contributed by atoms with van der Waals surface area (Å²) in [5, 5.41) is 0. The quantitative estimate of drug-likeness (QED) is 0.154. The van der Waals surface area contributed by atoms with Gasteiger partial charge in [0.1, 0.15) is 0 Å². The van der Waals surface area contributed by atoms with Gasteiger partial charge in [0.05, 0.1) is 0 Å². The third-order valence-electron chi connectivity index (χ3n) is 29.8. The van der Waals surface area contributed by atoms with Crippen molar-refractivity contribution in [3.63, 3.8) is 0 Å². The van der Waals surface area contributed by atoms with E-state index in [4.69, 9.17) is 0 Å². The Kier molecular flexibility index (Phi) is 8.38. The summed E-state index contributed by atoms with van der Waals surface area (Å²) in [6.45, 7) is 39.9. The highest BCUT2D eigenvalue weighted by Crippen LogP contribution is 2.79. The van der Waals surface area contributed by atoms with Crippen LogP contribution in [0.1, 0.15) is 234 Å². The number of rotatable bonds is 0. The molecule has 4 aromatic carbocycles. The highest BCUT2D eigenvalue weighted by atomic mass is 14.7. The maximum atomic E-state index is 2.59. The van der Waals surface area contributed by atoms with Crippen molar-refractivity contribution in [3.05, 3.63) is 134 Å². The van der Waals surface area contributed by atoms with E-state index in [1.54, 1.807) is 66.8 Å². The van der Waals surface area contributed by atoms with E-state index in [0.29, 0.717) is 0 Å². The molecule has 0 aromatic heterocycles. The molecular weight excluding hydrogens is 865 g/mol. The average Bonchev–Trinajstić information content (AvgIpc) is 4.19. The summed E-state index contributed by atoms with van der Waals surface area (Å²) in [5.41, 5.74) is 42.2. The first-order valence-electron chi connectivity index (χ1n) is 30.9. The van der Waals surface area contributed by atoms with E-state index in [0.717, 1.165) is 142 Å². The van der Waals surface area contributed by atoms with Gasteiger partial charge in [-0.1, -0.05) is 27.7 Å². The van der Waals surface area contributed by atoms with Gasteiger partial charge in [-0.2, -0.15) is 0 Å². The molecule has 8 saturated carbocycles. The topological polar surface area (TPSA) is 0 Å². The van der Waals surface area contributed by atoms with Crippen molar-refractivity contribution in [2.45, 2.75) is 209 Å². The van der Waals surface area contributed by atoms with Crippen LogP contribution >= 0.6 is 0 Å². The van der Waals surface area contributed by atoms with Gasteiger partial charge in [0.2, 0.25) is 0 Å². The summed E-state index contributed by atoms with van der Waals surface area (Å²) in [4.78, 5) is 0. The molecule has 0 spiro atoms. The SMILES string of the molecule is Cc1c(C)c(C)c2c(c1C)C1C3CC(C4c5c(C)c(C)c6c(c5CC34)CC3C4CC(C(C)C4C)C63)C21.Cc1c(C)c(C)c2c(c1C)C1C3CC(C4c5c(C)c6c(c(C)c5CC34)C3C4CC(C(C)C4C)C3C6)C21. The van der Waals surface area contributed by atoms with Gasteiger partial charge < -0.3 is 0 Å². The Hall–Kier alpha value is -3.12. The molecule has 0 heteroatoms. The molecule has 0 amide bonds. The molecule has 0 nitrogen and oxygen atoms in total. The van der Waals surface area contributed by atoms with Crippen LogP contribution in [0.4, 0.5) is 0 Å². The van der Waals surface area contributed by atoms with Crippen LogP contribution in [0.25, 0.3) is 0 Å². The lowest BCUT2D eigenvalue weighted by atomic mass is 9.54. The van der Waals surface area contributed by atoms with E-state index in [1.807, 2.05) is 66.8 Å². The third kappa shape index (κ3) is 4.54. The second kappa shape index (κ2) is 13.7. The Bertz CT molecular complexity index is 3200. The van der Waals surface area contributed by atoms with Crippen molar-refractivity contribution in [1.82, 2.24) is 0 Å². The molecule has 376 valence electrons. The lowest BCUT2D eigenvalue weighted by Gasteiger charge is -2.50. The van der Waals surface area contributed by atoms with Crippen molar-refractivity contribution in [2.75, 3.05) is 0 Å². The largest absolute Gasteiger partial charge is 0.0620 e. The fraction of sp³-hybridized carbons (Fsp3) is 0.667. The van der Waals surface area contributed by atoms with Crippen molar-refractivity contribution < 1.29 is 0 Å². The fourth-order valence-corrected chi connectivity index (χ4v) is 26.1. The van der Waals surface area contributed by atoms with Gasteiger partial charge >= 0.3 is 0 Å². The molecule has 0 radical (unpaired) electrons. The van der Waals surface area contributed by atoms with E-state index in [2.05, 4.69) is 111 Å². The average molecular weight is 953 g/mol. The second-order valence-corrected chi connectivity index (χ2v) is 30.1. The van der Waals surface area contributed by atoms with E-state index in [9.17, 15) is 0 Å². The first-order valence-corrected chi connectivity index (χ1v) is 30.9. The highest BCUT2D eigenvalue weighted by molar-refractivity contribution is 5.68. The van der Waals surface area contributed by atoms with E-state index in [-0.39, 0.29) is 0 Å². The molecule has 8 fully saturated rings. The Morgan fingerprint density at radius 1 is 0.194 bits per heavy atom. The van der Waals surface area contributed by atoms with E-state index < -0.39 is 0 Å². The molecule has 4 aromatic rings. The molecule has 0 heterocycles. The van der Waals surface area contributed by atoms with Gasteiger partial charge in [-0.15, -0.1) is 0 Å². The zero-order valence-electron chi connectivity index (χ0n) is 47.5. The molecule has 0 N–H and O–H groups in total. The summed E-state index contributed by atoms with van der Waals surface area (Å²) in [5.74, 6) is 22.2. The maximum absolute atomic E-state index is 2.59. The zero-order valence-corrected chi connectivity index (χ0v) is 47.5. The van der Waals surface area contributed by atoms with Crippen LogP contribution in [0, 0.1) is 178 Å². The van der Waals surface area contributed by atoms with Crippen molar-refractivity contribution in [2.24, 2.45) is 94.7 Å². The minimum absolute atomic E-state index is 0.861. The van der Waals surface area contributed by atoms with Gasteiger partial charge in [-0.25, -0.2) is 0 Å². The van der Waals surface area contributed by atoms with E-state index in [1.165, 1.54) is 51.4 Å². The Morgan fingerprint density at radius 3 is 0.778 bits per heavy atom. The number of hydrogen-bond acceptors (Lipinski definition) is 0. The standard InChI is InChI=1S/2C36H44/c1-13-14(2)18(6)32-31(17(13)5)35-27-12-28(36(32)35)34-26(27)11-24-19(7)29-23(20(8)30(24)34)10-25-21-9-22(33(25)29)16(4)15(21)3;1-13-14(2)18(6)32-31(17(13)5)35-27-12-28(36(32)35)34-26(27)11-25-24-10-23-21-9-22(16(4)15(21)3)33(23)29(24)19(7)20(8)30(25)34/h15-16,21-22,25-28,33-36H,9-12H2,1-8H3;15-16,21-23,26-28,33-36H,9-12H2,1-8H3. The molecule has 0 saturated heterocycles. The molecule has 72 heavy (non-hydrogen) atoms. The molecule has 14 aliphatic rings. The predicted molar refractivity (Wildman–Crippen MR) is 296 cm³/mol. The minimum Gasteiger partial charge on any atom is -0.0620 e. The first-order chi connectivity index (χ1) is 34.4. The van der Waals surface area contributed by atoms with Crippen LogP contribution in [0.5, 0.6) is 0 Å².